The molecule has 0 aliphatic heterocycles. The Kier molecular flexibility index (Phi) is 5.46. The Labute approximate surface area is 119 Å². The van der Waals surface area contributed by atoms with E-state index in [1.807, 2.05) is 0 Å². The predicted molar refractivity (Wildman–Crippen MR) is 73.1 cm³/mol. The van der Waals surface area contributed by atoms with Crippen LogP contribution in [0.4, 0.5) is 0 Å². The van der Waals surface area contributed by atoms with Gasteiger partial charge in [-0.15, -0.1) is 11.3 Å². The first kappa shape index (κ1) is 15.8. The zero-order valence-corrected chi connectivity index (χ0v) is 13.2. The summed E-state index contributed by atoms with van der Waals surface area (Å²) in [6.07, 6.45) is 1.47. The lowest BCUT2D eigenvalue weighted by Gasteiger charge is -2.04. The largest absolute Gasteiger partial charge is 0.477 e. The van der Waals surface area contributed by atoms with Crippen LogP contribution in [0.1, 0.15) is 9.67 Å². The fourth-order valence-corrected chi connectivity index (χ4v) is 4.99. The second-order valence-corrected chi connectivity index (χ2v) is 8.89. The molecule has 1 heterocycles. The molecule has 1 unspecified atom stereocenters. The molecule has 1 aromatic rings. The Bertz CT molecular complexity index is 580. The van der Waals surface area contributed by atoms with E-state index in [0.717, 1.165) is 17.4 Å². The van der Waals surface area contributed by atoms with Gasteiger partial charge in [-0.3, -0.25) is 4.21 Å². The van der Waals surface area contributed by atoms with Crippen molar-refractivity contribution in [3.8, 4) is 0 Å². The molecule has 0 spiro atoms. The molecular weight excluding hydrogens is 366 g/mol. The minimum atomic E-state index is -3.78. The molecule has 0 aromatic carbocycles. The number of hydrogen-bond donors (Lipinski definition) is 2. The molecule has 0 aliphatic carbocycles. The van der Waals surface area contributed by atoms with Gasteiger partial charge >= 0.3 is 5.97 Å². The van der Waals surface area contributed by atoms with Gasteiger partial charge in [0, 0.05) is 29.4 Å². The van der Waals surface area contributed by atoms with Crippen LogP contribution in [0.15, 0.2) is 14.7 Å². The van der Waals surface area contributed by atoms with E-state index >= 15 is 0 Å². The number of aromatic carboxylic acids is 1. The van der Waals surface area contributed by atoms with Gasteiger partial charge in [0.15, 0.2) is 0 Å². The van der Waals surface area contributed by atoms with Crippen molar-refractivity contribution < 1.29 is 22.5 Å². The number of nitrogens with one attached hydrogen (secondary N) is 1. The van der Waals surface area contributed by atoms with Crippen LogP contribution in [0, 0.1) is 0 Å². The molecule has 0 saturated carbocycles. The number of carbonyl (C=O) groups is 1. The van der Waals surface area contributed by atoms with Crippen molar-refractivity contribution in [3.63, 3.8) is 0 Å². The van der Waals surface area contributed by atoms with Crippen molar-refractivity contribution in [1.29, 1.82) is 0 Å². The maximum atomic E-state index is 11.8. The van der Waals surface area contributed by atoms with Gasteiger partial charge in [0.25, 0.3) is 0 Å². The van der Waals surface area contributed by atoms with Gasteiger partial charge in [-0.05, 0) is 22.0 Å². The number of hydrogen-bond acceptors (Lipinski definition) is 5. The van der Waals surface area contributed by atoms with Gasteiger partial charge in [0.1, 0.15) is 9.77 Å². The first-order chi connectivity index (χ1) is 8.24. The topological polar surface area (TPSA) is 101 Å². The summed E-state index contributed by atoms with van der Waals surface area (Å²) in [5, 5.41) is 8.77. The molecule has 1 aromatic heterocycles. The van der Waals surface area contributed by atoms with Gasteiger partial charge in [-0.1, -0.05) is 0 Å². The second kappa shape index (κ2) is 6.24. The van der Waals surface area contributed by atoms with E-state index in [4.69, 9.17) is 5.11 Å². The fourth-order valence-electron chi connectivity index (χ4n) is 1.04. The molecule has 0 fully saturated rings. The molecule has 0 radical (unpaired) electrons. The molecule has 0 amide bonds. The summed E-state index contributed by atoms with van der Waals surface area (Å²) < 4.78 is 37.0. The summed E-state index contributed by atoms with van der Waals surface area (Å²) in [6, 6.07) is 1.09. The summed E-state index contributed by atoms with van der Waals surface area (Å²) in [6.45, 7) is 0.0378. The summed E-state index contributed by atoms with van der Waals surface area (Å²) in [5.41, 5.74) is 0. The molecule has 2 N–H and O–H groups in total. The number of halogens is 1. The third-order valence-electron chi connectivity index (χ3n) is 1.84. The van der Waals surface area contributed by atoms with Crippen LogP contribution in [0.25, 0.3) is 0 Å². The molecule has 0 saturated heterocycles. The first-order valence-corrected chi connectivity index (χ1v) is 9.38. The molecule has 102 valence electrons. The van der Waals surface area contributed by atoms with Gasteiger partial charge in [0.05, 0.1) is 3.79 Å². The van der Waals surface area contributed by atoms with E-state index in [1.165, 1.54) is 6.26 Å². The van der Waals surface area contributed by atoms with Crippen LogP contribution < -0.4 is 4.72 Å². The lowest BCUT2D eigenvalue weighted by molar-refractivity contribution is 0.0702. The van der Waals surface area contributed by atoms with Gasteiger partial charge in [-0.25, -0.2) is 17.9 Å². The lowest BCUT2D eigenvalue weighted by Crippen LogP contribution is -2.27. The minimum Gasteiger partial charge on any atom is -0.477 e. The number of carboxylic acids is 1. The van der Waals surface area contributed by atoms with Crippen LogP contribution in [0.5, 0.6) is 0 Å². The monoisotopic (exact) mass is 375 g/mol. The molecule has 1 rings (SSSR count). The third-order valence-corrected chi connectivity index (χ3v) is 6.32. The van der Waals surface area contributed by atoms with E-state index < -0.39 is 26.8 Å². The highest BCUT2D eigenvalue weighted by molar-refractivity contribution is 9.11. The summed E-state index contributed by atoms with van der Waals surface area (Å²) in [5.74, 6) is -0.982. The summed E-state index contributed by atoms with van der Waals surface area (Å²) in [7, 11) is -4.88. The quantitative estimate of drug-likeness (QED) is 0.767. The Balaban J connectivity index is 2.91. The molecule has 1 atom stereocenters. The van der Waals surface area contributed by atoms with E-state index in [-0.39, 0.29) is 25.9 Å². The van der Waals surface area contributed by atoms with Crippen molar-refractivity contribution in [2.24, 2.45) is 0 Å². The molecular formula is C8H10BrNO5S3. The Morgan fingerprint density at radius 3 is 2.67 bits per heavy atom. The van der Waals surface area contributed by atoms with Crippen molar-refractivity contribution in [2.75, 3.05) is 18.6 Å². The lowest BCUT2D eigenvalue weighted by atomic mass is 10.5. The van der Waals surface area contributed by atoms with Crippen LogP contribution in [-0.2, 0) is 20.8 Å². The standard InChI is InChI=1S/C8H10BrNO5S3/c1-17(13)3-2-10-18(14,15)6-4-5(8(11)12)16-7(6)9/h4,10H,2-3H2,1H3,(H,11,12). The van der Waals surface area contributed by atoms with Crippen molar-refractivity contribution >= 4 is 54.1 Å². The first-order valence-electron chi connectivity index (χ1n) is 4.56. The van der Waals surface area contributed by atoms with Gasteiger partial charge < -0.3 is 5.11 Å². The van der Waals surface area contributed by atoms with E-state index in [1.54, 1.807) is 0 Å². The van der Waals surface area contributed by atoms with Crippen molar-refractivity contribution in [3.05, 3.63) is 14.7 Å². The van der Waals surface area contributed by atoms with E-state index in [9.17, 15) is 17.4 Å². The average molecular weight is 376 g/mol. The van der Waals surface area contributed by atoms with Crippen LogP contribution >= 0.6 is 27.3 Å². The molecule has 0 aliphatic rings. The smallest absolute Gasteiger partial charge is 0.345 e. The molecule has 6 nitrogen and oxygen atoms in total. The molecule has 10 heteroatoms. The Morgan fingerprint density at radius 1 is 1.61 bits per heavy atom. The van der Waals surface area contributed by atoms with Crippen molar-refractivity contribution in [1.82, 2.24) is 4.72 Å². The molecule has 0 bridgehead atoms. The van der Waals surface area contributed by atoms with Crippen molar-refractivity contribution in [2.45, 2.75) is 4.90 Å². The second-order valence-electron chi connectivity index (χ2n) is 3.23. The van der Waals surface area contributed by atoms with Gasteiger partial charge in [-0.2, -0.15) is 0 Å². The molecule has 18 heavy (non-hydrogen) atoms. The highest BCUT2D eigenvalue weighted by atomic mass is 79.9. The van der Waals surface area contributed by atoms with Crippen LogP contribution in [-0.4, -0.2) is 42.3 Å². The Hall–Kier alpha value is -0.290. The highest BCUT2D eigenvalue weighted by Crippen LogP contribution is 2.31. The van der Waals surface area contributed by atoms with Crippen LogP contribution in [0.2, 0.25) is 0 Å². The average Bonchev–Trinajstić information content (AvgIpc) is 2.60. The maximum absolute atomic E-state index is 11.8. The predicted octanol–water partition coefficient (Wildman–Crippen LogP) is 0.866. The zero-order valence-electron chi connectivity index (χ0n) is 9.17. The van der Waals surface area contributed by atoms with Gasteiger partial charge in [0.2, 0.25) is 10.0 Å². The Morgan fingerprint density at radius 2 is 2.22 bits per heavy atom. The summed E-state index contributed by atoms with van der Waals surface area (Å²) in [4.78, 5) is 10.5. The minimum absolute atomic E-state index is 0.0378. The van der Waals surface area contributed by atoms with Crippen LogP contribution in [0.3, 0.4) is 0 Å². The fraction of sp³-hybridized carbons (Fsp3) is 0.375. The van der Waals surface area contributed by atoms with E-state index in [2.05, 4.69) is 20.7 Å². The number of sulfonamides is 1. The summed E-state index contributed by atoms with van der Waals surface area (Å²) >= 11 is 3.85. The SMILES string of the molecule is CS(=O)CCNS(=O)(=O)c1cc(C(=O)O)sc1Br. The maximum Gasteiger partial charge on any atom is 0.345 e. The number of carboxylic acid groups (broad SMARTS) is 1. The van der Waals surface area contributed by atoms with E-state index in [0.29, 0.717) is 0 Å². The highest BCUT2D eigenvalue weighted by Gasteiger charge is 2.22. The zero-order chi connectivity index (χ0) is 13.9. The number of thiophene rings is 1. The normalized spacial score (nSPS) is 13.4. The number of rotatable bonds is 6. The third kappa shape index (κ3) is 4.12.